The zero-order valence-electron chi connectivity index (χ0n) is 12.3. The van der Waals surface area contributed by atoms with Crippen LogP contribution in [0.1, 0.15) is 37.6 Å². The Balaban J connectivity index is 2.21. The smallest absolute Gasteiger partial charge is 0.0847 e. The normalized spacial score (nSPS) is 19.2. The molecule has 0 spiro atoms. The number of ether oxygens (including phenoxy) is 1. The summed E-state index contributed by atoms with van der Waals surface area (Å²) in [4.78, 5) is 0. The molecule has 0 radical (unpaired) electrons. The minimum Gasteiger partial charge on any atom is -0.377 e. The Morgan fingerprint density at radius 1 is 1.53 bits per heavy atom. The first-order chi connectivity index (χ1) is 9.04. The van der Waals surface area contributed by atoms with Gasteiger partial charge in [-0.25, -0.2) is 0 Å². The molecule has 1 aromatic rings. The summed E-state index contributed by atoms with van der Waals surface area (Å²) in [5.74, 6) is 0. The highest BCUT2D eigenvalue weighted by atomic mass is 35.5. The van der Waals surface area contributed by atoms with Gasteiger partial charge in [0.05, 0.1) is 22.0 Å². The molecule has 1 saturated carbocycles. The van der Waals surface area contributed by atoms with Gasteiger partial charge in [0.25, 0.3) is 0 Å². The van der Waals surface area contributed by atoms with Gasteiger partial charge in [0.2, 0.25) is 0 Å². The van der Waals surface area contributed by atoms with Crippen molar-refractivity contribution in [3.8, 4) is 0 Å². The van der Waals surface area contributed by atoms with Crippen molar-refractivity contribution in [2.45, 2.75) is 51.2 Å². The Kier molecular flexibility index (Phi) is 4.54. The van der Waals surface area contributed by atoms with Crippen LogP contribution in [0.3, 0.4) is 0 Å². The van der Waals surface area contributed by atoms with Crippen molar-refractivity contribution < 1.29 is 4.74 Å². The molecule has 0 saturated heterocycles. The van der Waals surface area contributed by atoms with E-state index in [2.05, 4.69) is 17.3 Å². The lowest BCUT2D eigenvalue weighted by atomic mass is 9.73. The van der Waals surface area contributed by atoms with Gasteiger partial charge in [0.1, 0.15) is 0 Å². The van der Waals surface area contributed by atoms with E-state index >= 15 is 0 Å². The van der Waals surface area contributed by atoms with Gasteiger partial charge in [0, 0.05) is 26.6 Å². The van der Waals surface area contributed by atoms with Crippen molar-refractivity contribution in [2.75, 3.05) is 13.7 Å². The number of nitrogens with one attached hydrogen (secondary N) is 1. The van der Waals surface area contributed by atoms with Gasteiger partial charge in [-0.05, 0) is 32.7 Å². The second-order valence-electron chi connectivity index (χ2n) is 5.41. The number of aryl methyl sites for hydroxylation is 2. The molecule has 4 nitrogen and oxygen atoms in total. The molecule has 108 valence electrons. The molecule has 1 aliphatic carbocycles. The summed E-state index contributed by atoms with van der Waals surface area (Å²) in [5, 5.41) is 8.74. The fourth-order valence-corrected chi connectivity index (χ4v) is 3.24. The Hall–Kier alpha value is -0.580. The van der Waals surface area contributed by atoms with Crippen LogP contribution in [0.2, 0.25) is 5.02 Å². The van der Waals surface area contributed by atoms with Gasteiger partial charge in [-0.1, -0.05) is 18.5 Å². The van der Waals surface area contributed by atoms with E-state index in [9.17, 15) is 0 Å². The van der Waals surface area contributed by atoms with E-state index in [4.69, 9.17) is 16.3 Å². The number of aromatic nitrogens is 2. The van der Waals surface area contributed by atoms with Gasteiger partial charge in [0.15, 0.2) is 0 Å². The van der Waals surface area contributed by atoms with Crippen LogP contribution < -0.4 is 5.32 Å². The van der Waals surface area contributed by atoms with Crippen molar-refractivity contribution in [3.63, 3.8) is 0 Å². The maximum atomic E-state index is 6.36. The molecule has 1 heterocycles. The Bertz CT molecular complexity index is 435. The Labute approximate surface area is 120 Å². The van der Waals surface area contributed by atoms with E-state index in [0.717, 1.165) is 42.2 Å². The van der Waals surface area contributed by atoms with Crippen LogP contribution in [0, 0.1) is 6.92 Å². The van der Waals surface area contributed by atoms with Crippen LogP contribution in [0.15, 0.2) is 0 Å². The van der Waals surface area contributed by atoms with E-state index < -0.39 is 0 Å². The lowest BCUT2D eigenvalue weighted by Gasteiger charge is -2.47. The molecule has 0 aromatic carbocycles. The molecule has 1 atom stereocenters. The standard InChI is InChI=1S/C14H24ClN3O/c1-5-16-12(14(19-4)7-6-8-14)9-11-13(15)10(2)17-18(11)3/h12,16H,5-9H2,1-4H3. The number of nitrogens with zero attached hydrogens (tertiary/aromatic N) is 2. The topological polar surface area (TPSA) is 39.1 Å². The molecule has 5 heteroatoms. The van der Waals surface area contributed by atoms with Crippen LogP contribution in [-0.4, -0.2) is 35.1 Å². The fraction of sp³-hybridized carbons (Fsp3) is 0.786. The lowest BCUT2D eigenvalue weighted by Crippen LogP contribution is -2.57. The van der Waals surface area contributed by atoms with E-state index in [1.807, 2.05) is 25.8 Å². The van der Waals surface area contributed by atoms with Crippen molar-refractivity contribution in [1.82, 2.24) is 15.1 Å². The first kappa shape index (κ1) is 14.8. The fourth-order valence-electron chi connectivity index (χ4n) is 3.01. The lowest BCUT2D eigenvalue weighted by molar-refractivity contribution is -0.0981. The summed E-state index contributed by atoms with van der Waals surface area (Å²) in [6.45, 7) is 5.01. The van der Waals surface area contributed by atoms with Gasteiger partial charge >= 0.3 is 0 Å². The molecule has 0 amide bonds. The minimum atomic E-state index is -0.0302. The predicted molar refractivity (Wildman–Crippen MR) is 77.7 cm³/mol. The van der Waals surface area contributed by atoms with Crippen LogP contribution in [0.5, 0.6) is 0 Å². The van der Waals surface area contributed by atoms with Crippen LogP contribution in [0.25, 0.3) is 0 Å². The molecule has 2 rings (SSSR count). The van der Waals surface area contributed by atoms with Crippen molar-refractivity contribution in [3.05, 3.63) is 16.4 Å². The third-order valence-electron chi connectivity index (χ3n) is 4.35. The zero-order chi connectivity index (χ0) is 14.0. The highest BCUT2D eigenvalue weighted by molar-refractivity contribution is 6.31. The average molecular weight is 286 g/mol. The molecular formula is C14H24ClN3O. The monoisotopic (exact) mass is 285 g/mol. The predicted octanol–water partition coefficient (Wildman–Crippen LogP) is 2.47. The second kappa shape index (κ2) is 5.81. The highest BCUT2D eigenvalue weighted by Gasteiger charge is 2.44. The van der Waals surface area contributed by atoms with Crippen molar-refractivity contribution in [2.24, 2.45) is 7.05 Å². The molecule has 1 aliphatic rings. The van der Waals surface area contributed by atoms with Gasteiger partial charge in [-0.3, -0.25) is 4.68 Å². The molecule has 0 aliphatic heterocycles. The van der Waals surface area contributed by atoms with E-state index in [1.54, 1.807) is 0 Å². The third-order valence-corrected chi connectivity index (χ3v) is 4.84. The first-order valence-electron chi connectivity index (χ1n) is 7.00. The van der Waals surface area contributed by atoms with Crippen LogP contribution in [0.4, 0.5) is 0 Å². The Morgan fingerprint density at radius 3 is 2.58 bits per heavy atom. The quantitative estimate of drug-likeness (QED) is 0.873. The number of methoxy groups -OCH3 is 1. The molecule has 1 N–H and O–H groups in total. The summed E-state index contributed by atoms with van der Waals surface area (Å²) in [5.41, 5.74) is 1.96. The van der Waals surface area contributed by atoms with Gasteiger partial charge < -0.3 is 10.1 Å². The van der Waals surface area contributed by atoms with Gasteiger partial charge in [-0.2, -0.15) is 5.10 Å². The molecule has 19 heavy (non-hydrogen) atoms. The summed E-state index contributed by atoms with van der Waals surface area (Å²) in [6, 6.07) is 0.295. The third kappa shape index (κ3) is 2.67. The van der Waals surface area contributed by atoms with E-state index in [-0.39, 0.29) is 5.60 Å². The summed E-state index contributed by atoms with van der Waals surface area (Å²) < 4.78 is 7.70. The molecule has 1 fully saturated rings. The Morgan fingerprint density at radius 2 is 2.21 bits per heavy atom. The first-order valence-corrected chi connectivity index (χ1v) is 7.38. The molecule has 1 unspecified atom stereocenters. The number of rotatable bonds is 6. The highest BCUT2D eigenvalue weighted by Crippen LogP contribution is 2.39. The minimum absolute atomic E-state index is 0.0302. The van der Waals surface area contributed by atoms with E-state index in [0.29, 0.717) is 6.04 Å². The maximum Gasteiger partial charge on any atom is 0.0847 e. The molecule has 0 bridgehead atoms. The second-order valence-corrected chi connectivity index (χ2v) is 5.78. The van der Waals surface area contributed by atoms with Crippen molar-refractivity contribution in [1.29, 1.82) is 0 Å². The number of halogens is 1. The number of hydrogen-bond acceptors (Lipinski definition) is 3. The van der Waals surface area contributed by atoms with Gasteiger partial charge in [-0.15, -0.1) is 0 Å². The number of likely N-dealkylation sites (N-methyl/N-ethyl adjacent to an activating group) is 1. The summed E-state index contributed by atoms with van der Waals surface area (Å²) in [6.07, 6.45) is 4.34. The van der Waals surface area contributed by atoms with Crippen LogP contribution >= 0.6 is 11.6 Å². The SMILES string of the molecule is CCNC(Cc1c(Cl)c(C)nn1C)C1(OC)CCC1. The number of hydrogen-bond donors (Lipinski definition) is 1. The molecular weight excluding hydrogens is 262 g/mol. The molecule has 1 aromatic heterocycles. The largest absolute Gasteiger partial charge is 0.377 e. The summed E-state index contributed by atoms with van der Waals surface area (Å²) in [7, 11) is 3.77. The maximum absolute atomic E-state index is 6.36. The van der Waals surface area contributed by atoms with E-state index in [1.165, 1.54) is 6.42 Å². The van der Waals surface area contributed by atoms with Crippen molar-refractivity contribution >= 4 is 11.6 Å². The zero-order valence-corrected chi connectivity index (χ0v) is 13.0. The average Bonchev–Trinajstić information content (AvgIpc) is 2.55. The van der Waals surface area contributed by atoms with Crippen LogP contribution in [-0.2, 0) is 18.2 Å². The summed E-state index contributed by atoms with van der Waals surface area (Å²) >= 11 is 6.36.